The van der Waals surface area contributed by atoms with Gasteiger partial charge in [0.15, 0.2) is 0 Å². The van der Waals surface area contributed by atoms with Crippen molar-refractivity contribution in [2.45, 2.75) is 32.1 Å². The number of carbonyl (C=O) groups excluding carboxylic acids is 1. The van der Waals surface area contributed by atoms with E-state index in [-0.39, 0.29) is 11.3 Å². The van der Waals surface area contributed by atoms with Crippen molar-refractivity contribution in [3.8, 4) is 0 Å². The number of nitrogen functional groups attached to an aromatic ring is 1. The van der Waals surface area contributed by atoms with E-state index in [0.717, 1.165) is 22.4 Å². The zero-order valence-electron chi connectivity index (χ0n) is 14.7. The maximum Gasteiger partial charge on any atom is 0.224 e. The molecule has 0 fully saturated rings. The van der Waals surface area contributed by atoms with Crippen LogP contribution in [0.25, 0.3) is 0 Å². The molecule has 0 saturated heterocycles. The summed E-state index contributed by atoms with van der Waals surface area (Å²) < 4.78 is 0. The molecule has 2 aromatic carbocycles. The molecule has 0 spiro atoms. The normalized spacial score (nSPS) is 11.2. The van der Waals surface area contributed by atoms with Gasteiger partial charge in [0.1, 0.15) is 0 Å². The van der Waals surface area contributed by atoms with Gasteiger partial charge in [-0.3, -0.25) is 15.3 Å². The molecule has 0 aromatic heterocycles. The van der Waals surface area contributed by atoms with E-state index >= 15 is 0 Å². The Morgan fingerprint density at radius 3 is 2.56 bits per heavy atom. The van der Waals surface area contributed by atoms with Crippen LogP contribution in [0.15, 0.2) is 47.4 Å². The van der Waals surface area contributed by atoms with Gasteiger partial charge in [-0.05, 0) is 47.7 Å². The van der Waals surface area contributed by atoms with Crippen molar-refractivity contribution in [3.05, 3.63) is 53.6 Å². The minimum atomic E-state index is -0.0895. The predicted molar refractivity (Wildman–Crippen MR) is 106 cm³/mol. The molecular weight excluding hydrogens is 332 g/mol. The van der Waals surface area contributed by atoms with Gasteiger partial charge in [0, 0.05) is 33.8 Å². The first kappa shape index (κ1) is 19.0. The summed E-state index contributed by atoms with van der Waals surface area (Å²) in [5, 5.41) is 16.9. The van der Waals surface area contributed by atoms with Crippen molar-refractivity contribution in [1.29, 1.82) is 5.41 Å². The molecule has 1 amide bonds. The van der Waals surface area contributed by atoms with Gasteiger partial charge in [0.05, 0.1) is 5.71 Å². The summed E-state index contributed by atoms with van der Waals surface area (Å²) >= 11 is 1.13. The lowest BCUT2D eigenvalue weighted by Gasteiger charge is -2.18. The lowest BCUT2D eigenvalue weighted by atomic mass is 9.92. The Labute approximate surface area is 152 Å². The molecule has 0 radical (unpaired) electrons. The molecule has 0 heterocycles. The van der Waals surface area contributed by atoms with E-state index in [1.165, 1.54) is 0 Å². The molecule has 132 valence electrons. The van der Waals surface area contributed by atoms with Crippen LogP contribution in [-0.4, -0.2) is 11.6 Å². The van der Waals surface area contributed by atoms with Gasteiger partial charge in [0.2, 0.25) is 5.91 Å². The Morgan fingerprint density at radius 1 is 1.20 bits per heavy atom. The second kappa shape index (κ2) is 7.72. The number of amides is 1. The van der Waals surface area contributed by atoms with Crippen LogP contribution in [0.3, 0.4) is 0 Å². The van der Waals surface area contributed by atoms with Crippen molar-refractivity contribution < 1.29 is 4.79 Å². The van der Waals surface area contributed by atoms with Gasteiger partial charge in [-0.25, -0.2) is 0 Å². The number of benzene rings is 2. The Kier molecular flexibility index (Phi) is 5.87. The lowest BCUT2D eigenvalue weighted by Crippen LogP contribution is -2.20. The van der Waals surface area contributed by atoms with Gasteiger partial charge in [-0.15, -0.1) is 0 Å². The summed E-state index contributed by atoms with van der Waals surface area (Å²) in [4.78, 5) is 13.0. The van der Waals surface area contributed by atoms with Gasteiger partial charge in [-0.2, -0.15) is 0 Å². The van der Waals surface area contributed by atoms with Gasteiger partial charge in [-0.1, -0.05) is 32.9 Å². The van der Waals surface area contributed by atoms with E-state index in [1.54, 1.807) is 18.2 Å². The Morgan fingerprint density at radius 2 is 1.92 bits per heavy atom. The van der Waals surface area contributed by atoms with E-state index < -0.39 is 0 Å². The average Bonchev–Trinajstić information content (AvgIpc) is 2.54. The van der Waals surface area contributed by atoms with Gasteiger partial charge >= 0.3 is 0 Å². The molecule has 2 aromatic rings. The maximum atomic E-state index is 12.1. The quantitative estimate of drug-likeness (QED) is 0.369. The third-order valence-electron chi connectivity index (χ3n) is 3.56. The number of nitrogens with one attached hydrogen (secondary N) is 2. The monoisotopic (exact) mass is 356 g/mol. The molecule has 0 aliphatic carbocycles. The summed E-state index contributed by atoms with van der Waals surface area (Å²) in [6.07, 6.45) is 0.417. The first-order chi connectivity index (χ1) is 11.7. The molecule has 6 heteroatoms. The molecule has 5 nitrogen and oxygen atoms in total. The molecule has 6 N–H and O–H groups in total. The van der Waals surface area contributed by atoms with E-state index in [2.05, 4.69) is 5.32 Å². The molecule has 25 heavy (non-hydrogen) atoms. The molecule has 0 bridgehead atoms. The van der Waals surface area contributed by atoms with Crippen LogP contribution >= 0.6 is 11.9 Å². The fourth-order valence-corrected chi connectivity index (χ4v) is 2.77. The minimum absolute atomic E-state index is 0.0590. The molecule has 0 aliphatic heterocycles. The summed E-state index contributed by atoms with van der Waals surface area (Å²) in [7, 11) is 0. The zero-order chi connectivity index (χ0) is 18.6. The number of nitrogens with two attached hydrogens (primary N) is 2. The highest BCUT2D eigenvalue weighted by Gasteiger charge is 2.17. The van der Waals surface area contributed by atoms with Crippen LogP contribution in [0, 0.1) is 10.8 Å². The third-order valence-corrected chi connectivity index (χ3v) is 4.08. The van der Waals surface area contributed by atoms with Crippen molar-refractivity contribution >= 4 is 34.9 Å². The highest BCUT2D eigenvalue weighted by molar-refractivity contribution is 7.97. The number of hydrogen-bond acceptors (Lipinski definition) is 5. The predicted octanol–water partition coefficient (Wildman–Crippen LogP) is 4.03. The Bertz CT molecular complexity index is 796. The largest absolute Gasteiger partial charge is 0.398 e. The van der Waals surface area contributed by atoms with E-state index in [9.17, 15) is 4.79 Å². The van der Waals surface area contributed by atoms with Gasteiger partial charge in [0.25, 0.3) is 0 Å². The zero-order valence-corrected chi connectivity index (χ0v) is 15.5. The average molecular weight is 356 g/mol. The molecule has 2 rings (SSSR count). The van der Waals surface area contributed by atoms with E-state index in [1.807, 2.05) is 45.0 Å². The first-order valence-corrected chi connectivity index (χ1v) is 8.83. The lowest BCUT2D eigenvalue weighted by molar-refractivity contribution is -0.117. The van der Waals surface area contributed by atoms with Crippen LogP contribution in [-0.2, 0) is 4.79 Å². The van der Waals surface area contributed by atoms with Crippen LogP contribution < -0.4 is 16.2 Å². The van der Waals surface area contributed by atoms with E-state index in [4.69, 9.17) is 16.3 Å². The highest BCUT2D eigenvalue weighted by atomic mass is 32.2. The standard InChI is InChI=1S/C19H24N4OS/c1-19(2,3)11-17(24)23-13-7-8-16(20)15(10-13)18(21)12-5-4-6-14(9-12)25-22/h4-10,21H,11,20,22H2,1-3H3,(H,23,24). The smallest absolute Gasteiger partial charge is 0.224 e. The summed E-state index contributed by atoms with van der Waals surface area (Å²) in [5.41, 5.74) is 8.67. The van der Waals surface area contributed by atoms with Crippen molar-refractivity contribution in [2.75, 3.05) is 11.1 Å². The number of carbonyl (C=O) groups is 1. The topological polar surface area (TPSA) is 105 Å². The van der Waals surface area contributed by atoms with Crippen molar-refractivity contribution in [1.82, 2.24) is 0 Å². The molecule has 0 unspecified atom stereocenters. The SMILES string of the molecule is CC(C)(C)CC(=O)Nc1ccc(N)c(C(=N)c2cccc(SN)c2)c1. The van der Waals surface area contributed by atoms with Crippen molar-refractivity contribution in [2.24, 2.45) is 10.6 Å². The molecule has 0 saturated carbocycles. The summed E-state index contributed by atoms with van der Waals surface area (Å²) in [6.45, 7) is 6.04. The number of hydrogen-bond donors (Lipinski definition) is 4. The summed E-state index contributed by atoms with van der Waals surface area (Å²) in [6, 6.07) is 12.6. The fraction of sp³-hybridized carbons (Fsp3) is 0.263. The van der Waals surface area contributed by atoms with E-state index in [0.29, 0.717) is 29.1 Å². The minimum Gasteiger partial charge on any atom is -0.398 e. The number of rotatable bonds is 5. The Hall–Kier alpha value is -2.31. The highest BCUT2D eigenvalue weighted by Crippen LogP contribution is 2.24. The number of anilines is 2. The first-order valence-electron chi connectivity index (χ1n) is 7.95. The fourth-order valence-electron chi connectivity index (χ4n) is 2.42. The Balaban J connectivity index is 2.26. The molecule has 0 atom stereocenters. The second-order valence-electron chi connectivity index (χ2n) is 7.11. The van der Waals surface area contributed by atoms with Crippen molar-refractivity contribution in [3.63, 3.8) is 0 Å². The van der Waals surface area contributed by atoms with Crippen LogP contribution in [0.5, 0.6) is 0 Å². The van der Waals surface area contributed by atoms with Gasteiger partial charge < -0.3 is 11.1 Å². The van der Waals surface area contributed by atoms with Crippen LogP contribution in [0.2, 0.25) is 0 Å². The molecule has 0 aliphatic rings. The third kappa shape index (κ3) is 5.34. The van der Waals surface area contributed by atoms with Crippen LogP contribution in [0.4, 0.5) is 11.4 Å². The van der Waals surface area contributed by atoms with Crippen LogP contribution in [0.1, 0.15) is 38.3 Å². The second-order valence-corrected chi connectivity index (χ2v) is 7.82. The molecular formula is C19H24N4OS. The summed E-state index contributed by atoms with van der Waals surface area (Å²) in [5.74, 6) is -0.0590. The maximum absolute atomic E-state index is 12.1.